The summed E-state index contributed by atoms with van der Waals surface area (Å²) in [5.74, 6) is 2.94. The zero-order valence-corrected chi connectivity index (χ0v) is 17.7. The fourth-order valence-corrected chi connectivity index (χ4v) is 3.44. The molecule has 1 aliphatic heterocycles. The van der Waals surface area contributed by atoms with Crippen molar-refractivity contribution in [2.45, 2.75) is 6.92 Å². The number of hydrogen-bond acceptors (Lipinski definition) is 8. The van der Waals surface area contributed by atoms with Crippen molar-refractivity contribution < 1.29 is 18.8 Å². The summed E-state index contributed by atoms with van der Waals surface area (Å²) in [6.07, 6.45) is 1.73. The average Bonchev–Trinajstić information content (AvgIpc) is 3.25. The Morgan fingerprint density at radius 2 is 1.90 bits per heavy atom. The van der Waals surface area contributed by atoms with E-state index in [1.165, 1.54) is 0 Å². The third-order valence-corrected chi connectivity index (χ3v) is 5.07. The van der Waals surface area contributed by atoms with Crippen LogP contribution in [0.15, 0.2) is 41.1 Å². The van der Waals surface area contributed by atoms with Crippen molar-refractivity contribution in [3.63, 3.8) is 0 Å². The first kappa shape index (κ1) is 20.5. The number of carbonyl (C=O) groups is 1. The molecule has 10 heteroatoms. The maximum atomic E-state index is 12.7. The summed E-state index contributed by atoms with van der Waals surface area (Å²) in [5, 5.41) is 6.82. The third kappa shape index (κ3) is 4.37. The van der Waals surface area contributed by atoms with Gasteiger partial charge in [-0.3, -0.25) is 0 Å². The molecule has 4 rings (SSSR count). The molecule has 3 heterocycles. The number of urea groups is 1. The highest BCUT2D eigenvalue weighted by Crippen LogP contribution is 2.34. The second-order valence-corrected chi connectivity index (χ2v) is 6.99. The molecule has 2 aromatic heterocycles. The minimum Gasteiger partial charge on any atom is -0.493 e. The largest absolute Gasteiger partial charge is 0.493 e. The second kappa shape index (κ2) is 8.90. The van der Waals surface area contributed by atoms with Gasteiger partial charge >= 0.3 is 6.03 Å². The van der Waals surface area contributed by atoms with Gasteiger partial charge in [-0.05, 0) is 24.3 Å². The Morgan fingerprint density at radius 1 is 1.10 bits per heavy atom. The molecular weight excluding hydrogens is 400 g/mol. The van der Waals surface area contributed by atoms with Gasteiger partial charge in [0.1, 0.15) is 5.82 Å². The lowest BCUT2D eigenvalue weighted by molar-refractivity contribution is 0.208. The van der Waals surface area contributed by atoms with Gasteiger partial charge < -0.3 is 29.1 Å². The number of ether oxygens (including phenoxy) is 2. The molecule has 1 aliphatic rings. The van der Waals surface area contributed by atoms with E-state index in [2.05, 4.69) is 25.3 Å². The number of carbonyl (C=O) groups excluding carboxylic acids is 1. The van der Waals surface area contributed by atoms with Crippen molar-refractivity contribution in [3.8, 4) is 22.9 Å². The molecule has 0 saturated carbocycles. The number of amides is 2. The Bertz CT molecular complexity index is 1040. The summed E-state index contributed by atoms with van der Waals surface area (Å²) in [6, 6.07) is 9.04. The van der Waals surface area contributed by atoms with Gasteiger partial charge in [0.25, 0.3) is 0 Å². The van der Waals surface area contributed by atoms with Crippen LogP contribution in [0.4, 0.5) is 16.3 Å². The lowest BCUT2D eigenvalue weighted by Crippen LogP contribution is -2.50. The third-order valence-electron chi connectivity index (χ3n) is 5.07. The Labute approximate surface area is 179 Å². The minimum absolute atomic E-state index is 0.179. The first-order valence-electron chi connectivity index (χ1n) is 9.87. The predicted octanol–water partition coefficient (Wildman–Crippen LogP) is 2.81. The maximum absolute atomic E-state index is 12.7. The first-order chi connectivity index (χ1) is 15.1. The molecule has 0 aliphatic carbocycles. The quantitative estimate of drug-likeness (QED) is 0.667. The van der Waals surface area contributed by atoms with Crippen molar-refractivity contribution in [1.82, 2.24) is 20.0 Å². The summed E-state index contributed by atoms with van der Waals surface area (Å²) in [7, 11) is 3.11. The van der Waals surface area contributed by atoms with Crippen LogP contribution in [0, 0.1) is 6.92 Å². The van der Waals surface area contributed by atoms with Gasteiger partial charge in [-0.15, -0.1) is 0 Å². The molecule has 0 bridgehead atoms. The molecule has 31 heavy (non-hydrogen) atoms. The second-order valence-electron chi connectivity index (χ2n) is 6.99. The highest BCUT2D eigenvalue weighted by atomic mass is 16.5. The van der Waals surface area contributed by atoms with Crippen molar-refractivity contribution in [2.75, 3.05) is 50.6 Å². The molecule has 1 N–H and O–H groups in total. The number of para-hydroxylation sites is 1. The first-order valence-corrected chi connectivity index (χ1v) is 9.87. The number of methoxy groups -OCH3 is 2. The van der Waals surface area contributed by atoms with E-state index in [9.17, 15) is 4.79 Å². The average molecular weight is 424 g/mol. The van der Waals surface area contributed by atoms with Gasteiger partial charge in [-0.2, -0.15) is 4.98 Å². The van der Waals surface area contributed by atoms with Crippen molar-refractivity contribution in [2.24, 2.45) is 0 Å². The van der Waals surface area contributed by atoms with E-state index < -0.39 is 0 Å². The van der Waals surface area contributed by atoms with E-state index in [1.807, 2.05) is 12.1 Å². The summed E-state index contributed by atoms with van der Waals surface area (Å²) in [6.45, 7) is 4.25. The predicted molar refractivity (Wildman–Crippen MR) is 115 cm³/mol. The molecule has 1 fully saturated rings. The fourth-order valence-electron chi connectivity index (χ4n) is 3.44. The molecule has 162 valence electrons. The minimum atomic E-state index is -0.179. The Morgan fingerprint density at radius 3 is 2.52 bits per heavy atom. The molecule has 10 nitrogen and oxygen atoms in total. The number of anilines is 2. The topological polar surface area (TPSA) is 106 Å². The molecule has 0 spiro atoms. The van der Waals surface area contributed by atoms with Crippen LogP contribution in [0.3, 0.4) is 0 Å². The molecule has 3 aromatic rings. The Hall–Kier alpha value is -3.82. The smallest absolute Gasteiger partial charge is 0.322 e. The van der Waals surface area contributed by atoms with E-state index in [-0.39, 0.29) is 6.03 Å². The van der Waals surface area contributed by atoms with Gasteiger partial charge in [0.15, 0.2) is 11.5 Å². The zero-order valence-electron chi connectivity index (χ0n) is 17.7. The van der Waals surface area contributed by atoms with Crippen LogP contribution in [-0.2, 0) is 0 Å². The Balaban J connectivity index is 1.36. The SMILES string of the molecule is COc1cccc(NC(=O)N2CCN(c3ccc(-c4noc(C)n4)cn3)CC2)c1OC. The monoisotopic (exact) mass is 424 g/mol. The van der Waals surface area contributed by atoms with Gasteiger partial charge in [-0.1, -0.05) is 11.2 Å². The molecule has 0 unspecified atom stereocenters. The van der Waals surface area contributed by atoms with Gasteiger partial charge in [0.05, 0.1) is 19.9 Å². The normalized spacial score (nSPS) is 13.8. The van der Waals surface area contributed by atoms with E-state index >= 15 is 0 Å². The van der Waals surface area contributed by atoms with Crippen LogP contribution in [0.1, 0.15) is 5.89 Å². The number of piperazine rings is 1. The summed E-state index contributed by atoms with van der Waals surface area (Å²) >= 11 is 0. The summed E-state index contributed by atoms with van der Waals surface area (Å²) in [4.78, 5) is 25.4. The number of aryl methyl sites for hydroxylation is 1. The van der Waals surface area contributed by atoms with E-state index in [0.29, 0.717) is 55.1 Å². The van der Waals surface area contributed by atoms with Crippen LogP contribution in [0.2, 0.25) is 0 Å². The highest BCUT2D eigenvalue weighted by molar-refractivity contribution is 5.91. The number of aromatic nitrogens is 3. The van der Waals surface area contributed by atoms with Gasteiger partial charge in [0.2, 0.25) is 11.7 Å². The van der Waals surface area contributed by atoms with Crippen LogP contribution < -0.4 is 19.7 Å². The maximum Gasteiger partial charge on any atom is 0.322 e. The highest BCUT2D eigenvalue weighted by Gasteiger charge is 2.23. The fraction of sp³-hybridized carbons (Fsp3) is 0.333. The molecule has 1 aromatic carbocycles. The van der Waals surface area contributed by atoms with Crippen LogP contribution in [0.5, 0.6) is 11.5 Å². The van der Waals surface area contributed by atoms with Crippen molar-refractivity contribution in [3.05, 3.63) is 42.4 Å². The number of benzene rings is 1. The lowest BCUT2D eigenvalue weighted by atomic mass is 10.2. The molecule has 2 amide bonds. The molecule has 0 atom stereocenters. The van der Waals surface area contributed by atoms with Crippen LogP contribution >= 0.6 is 0 Å². The van der Waals surface area contributed by atoms with Gasteiger partial charge in [0, 0.05) is 44.9 Å². The standard InChI is InChI=1S/C21H24N6O4/c1-14-23-20(25-31-14)15-7-8-18(22-13-15)26-9-11-27(12-10-26)21(28)24-16-5-4-6-17(29-2)19(16)30-3/h4-8,13H,9-12H2,1-3H3,(H,24,28). The van der Waals surface area contributed by atoms with Crippen molar-refractivity contribution in [1.29, 1.82) is 0 Å². The lowest BCUT2D eigenvalue weighted by Gasteiger charge is -2.35. The number of pyridine rings is 1. The molecular formula is C21H24N6O4. The summed E-state index contributed by atoms with van der Waals surface area (Å²) in [5.41, 5.74) is 1.37. The number of nitrogens with zero attached hydrogens (tertiary/aromatic N) is 5. The summed E-state index contributed by atoms with van der Waals surface area (Å²) < 4.78 is 15.7. The van der Waals surface area contributed by atoms with E-state index in [4.69, 9.17) is 14.0 Å². The number of nitrogens with one attached hydrogen (secondary N) is 1. The number of hydrogen-bond donors (Lipinski definition) is 1. The molecule has 0 radical (unpaired) electrons. The van der Waals surface area contributed by atoms with E-state index in [1.54, 1.807) is 50.4 Å². The van der Waals surface area contributed by atoms with Gasteiger partial charge in [-0.25, -0.2) is 9.78 Å². The van der Waals surface area contributed by atoms with Crippen LogP contribution in [0.25, 0.3) is 11.4 Å². The Kier molecular flexibility index (Phi) is 5.87. The van der Waals surface area contributed by atoms with Crippen molar-refractivity contribution >= 4 is 17.5 Å². The van der Waals surface area contributed by atoms with Crippen LogP contribution in [-0.4, -0.2) is 66.5 Å². The van der Waals surface area contributed by atoms with E-state index in [0.717, 1.165) is 11.4 Å². The molecule has 1 saturated heterocycles. The number of rotatable bonds is 5. The zero-order chi connectivity index (χ0) is 21.8.